The summed E-state index contributed by atoms with van der Waals surface area (Å²) in [5.41, 5.74) is -1.04. The normalized spacial score (nSPS) is 12.9. The van der Waals surface area contributed by atoms with E-state index in [1.165, 1.54) is 6.92 Å². The Balaban J connectivity index is 3.26. The summed E-state index contributed by atoms with van der Waals surface area (Å²) in [5, 5.41) is 8.58. The van der Waals surface area contributed by atoms with Gasteiger partial charge in [0.2, 0.25) is 0 Å². The lowest BCUT2D eigenvalue weighted by molar-refractivity contribution is -0.137. The molecule has 0 N–H and O–H groups in total. The van der Waals surface area contributed by atoms with Gasteiger partial charge in [0.25, 0.3) is 0 Å². The number of hydrogen-bond acceptors (Lipinski definition) is 2. The van der Waals surface area contributed by atoms with Gasteiger partial charge in [-0.25, -0.2) is 0 Å². The molecule has 90 valence electrons. The fourth-order valence-corrected chi connectivity index (χ4v) is 1.62. The molecule has 0 aliphatic rings. The molecule has 0 saturated carbocycles. The molecule has 1 unspecified atom stereocenters. The molecule has 0 aliphatic carbocycles. The van der Waals surface area contributed by atoms with E-state index in [1.807, 2.05) is 0 Å². The van der Waals surface area contributed by atoms with E-state index in [2.05, 4.69) is 15.9 Å². The van der Waals surface area contributed by atoms with E-state index in [0.29, 0.717) is 0 Å². The first-order chi connectivity index (χ1) is 7.77. The van der Waals surface area contributed by atoms with Crippen LogP contribution in [0.3, 0.4) is 0 Å². The van der Waals surface area contributed by atoms with E-state index in [9.17, 15) is 18.0 Å². The van der Waals surface area contributed by atoms with E-state index >= 15 is 0 Å². The first-order valence-corrected chi connectivity index (χ1v) is 5.37. The lowest BCUT2D eigenvalue weighted by atomic mass is 9.99. The predicted octanol–water partition coefficient (Wildman–Crippen LogP) is 3.81. The lowest BCUT2D eigenvalue weighted by Gasteiger charge is -2.10. The molecule has 0 fully saturated rings. The van der Waals surface area contributed by atoms with Crippen molar-refractivity contribution in [2.75, 3.05) is 0 Å². The van der Waals surface area contributed by atoms with Crippen molar-refractivity contribution in [2.24, 2.45) is 5.92 Å². The van der Waals surface area contributed by atoms with Crippen molar-refractivity contribution in [1.29, 1.82) is 5.26 Å². The number of halogens is 4. The molecule has 1 aromatic rings. The van der Waals surface area contributed by atoms with Crippen molar-refractivity contribution < 1.29 is 18.0 Å². The Bertz CT molecular complexity index is 490. The second-order valence-electron chi connectivity index (χ2n) is 3.41. The molecule has 0 saturated heterocycles. The fourth-order valence-electron chi connectivity index (χ4n) is 1.18. The zero-order valence-corrected chi connectivity index (χ0v) is 10.3. The van der Waals surface area contributed by atoms with Gasteiger partial charge in [-0.1, -0.05) is 15.9 Å². The van der Waals surface area contributed by atoms with Crippen LogP contribution in [0.2, 0.25) is 0 Å². The summed E-state index contributed by atoms with van der Waals surface area (Å²) in [7, 11) is 0. The third-order valence-corrected chi connectivity index (χ3v) is 2.84. The Morgan fingerprint density at radius 1 is 1.47 bits per heavy atom. The molecule has 1 rings (SSSR count). The molecule has 0 aromatic heterocycles. The minimum absolute atomic E-state index is 0.131. The predicted molar refractivity (Wildman–Crippen MR) is 58.3 cm³/mol. The number of carbonyl (C=O) groups is 1. The highest BCUT2D eigenvalue weighted by Crippen LogP contribution is 2.32. The summed E-state index contributed by atoms with van der Waals surface area (Å²) in [5.74, 6) is -1.61. The van der Waals surface area contributed by atoms with E-state index < -0.39 is 23.4 Å². The maximum atomic E-state index is 12.5. The van der Waals surface area contributed by atoms with Crippen LogP contribution in [0, 0.1) is 17.2 Å². The number of benzene rings is 1. The minimum atomic E-state index is -4.51. The van der Waals surface area contributed by atoms with E-state index in [0.717, 1.165) is 18.2 Å². The Kier molecular flexibility index (Phi) is 3.94. The molecule has 1 atom stereocenters. The van der Waals surface area contributed by atoms with Crippen molar-refractivity contribution in [3.05, 3.63) is 33.8 Å². The number of carbonyl (C=O) groups excluding carboxylic acids is 1. The number of Topliss-reactive ketones (excluding diaryl/α,β-unsaturated/α-hetero) is 1. The molecule has 17 heavy (non-hydrogen) atoms. The van der Waals surface area contributed by atoms with Crippen LogP contribution in [0.1, 0.15) is 22.8 Å². The van der Waals surface area contributed by atoms with Gasteiger partial charge in [0.05, 0.1) is 11.6 Å². The van der Waals surface area contributed by atoms with Crippen LogP contribution in [0.25, 0.3) is 0 Å². The first kappa shape index (κ1) is 13.7. The van der Waals surface area contributed by atoms with Crippen molar-refractivity contribution >= 4 is 21.7 Å². The lowest BCUT2D eigenvalue weighted by Crippen LogP contribution is -2.12. The van der Waals surface area contributed by atoms with Crippen LogP contribution in [-0.2, 0) is 6.18 Å². The van der Waals surface area contributed by atoms with Crippen LogP contribution in [0.15, 0.2) is 22.7 Å². The van der Waals surface area contributed by atoms with Crippen molar-refractivity contribution in [1.82, 2.24) is 0 Å². The number of rotatable bonds is 2. The summed E-state index contributed by atoms with van der Waals surface area (Å²) in [6.45, 7) is 1.34. The topological polar surface area (TPSA) is 40.9 Å². The molecular weight excluding hydrogens is 299 g/mol. The standard InChI is InChI=1S/C11H7BrF3NO/c1-6(5-16)10(17)8-4-7(11(13,14)15)2-3-9(8)12/h2-4,6H,1H3. The Morgan fingerprint density at radius 2 is 2.06 bits per heavy atom. The summed E-state index contributed by atoms with van der Waals surface area (Å²) >= 11 is 3.00. The second kappa shape index (κ2) is 4.88. The minimum Gasteiger partial charge on any atom is -0.293 e. The smallest absolute Gasteiger partial charge is 0.293 e. The highest BCUT2D eigenvalue weighted by atomic mass is 79.9. The maximum absolute atomic E-state index is 12.5. The first-order valence-electron chi connectivity index (χ1n) is 4.58. The number of nitrogens with zero attached hydrogens (tertiary/aromatic N) is 1. The van der Waals surface area contributed by atoms with Gasteiger partial charge in [-0.2, -0.15) is 18.4 Å². The number of hydrogen-bond donors (Lipinski definition) is 0. The second-order valence-corrected chi connectivity index (χ2v) is 4.26. The SMILES string of the molecule is CC(C#N)C(=O)c1cc(C(F)(F)F)ccc1Br. The summed E-state index contributed by atoms with van der Waals surface area (Å²) in [6, 6.07) is 4.47. The fraction of sp³-hybridized carbons (Fsp3) is 0.273. The highest BCUT2D eigenvalue weighted by Gasteiger charge is 2.32. The van der Waals surface area contributed by atoms with Gasteiger partial charge in [0.1, 0.15) is 5.92 Å². The van der Waals surface area contributed by atoms with E-state index in [4.69, 9.17) is 5.26 Å². The number of nitriles is 1. The van der Waals surface area contributed by atoms with Crippen LogP contribution >= 0.6 is 15.9 Å². The van der Waals surface area contributed by atoms with Crippen molar-refractivity contribution in [2.45, 2.75) is 13.1 Å². The monoisotopic (exact) mass is 305 g/mol. The molecule has 0 radical (unpaired) electrons. The van der Waals surface area contributed by atoms with Gasteiger partial charge in [-0.15, -0.1) is 0 Å². The zero-order valence-electron chi connectivity index (χ0n) is 8.68. The highest BCUT2D eigenvalue weighted by molar-refractivity contribution is 9.10. The van der Waals surface area contributed by atoms with Crippen LogP contribution in [0.5, 0.6) is 0 Å². The Labute approximate surface area is 104 Å². The average Bonchev–Trinajstić information content (AvgIpc) is 2.26. The molecular formula is C11H7BrF3NO. The molecule has 2 nitrogen and oxygen atoms in total. The van der Waals surface area contributed by atoms with Gasteiger partial charge in [0.15, 0.2) is 5.78 Å². The molecule has 0 heterocycles. The van der Waals surface area contributed by atoms with Crippen molar-refractivity contribution in [3.8, 4) is 6.07 Å². The van der Waals surface area contributed by atoms with Crippen LogP contribution in [-0.4, -0.2) is 5.78 Å². The third-order valence-electron chi connectivity index (χ3n) is 2.15. The Morgan fingerprint density at radius 3 is 2.53 bits per heavy atom. The zero-order chi connectivity index (χ0) is 13.2. The van der Waals surface area contributed by atoms with Crippen molar-refractivity contribution in [3.63, 3.8) is 0 Å². The van der Waals surface area contributed by atoms with Crippen LogP contribution in [0.4, 0.5) is 13.2 Å². The number of ketones is 1. The Hall–Kier alpha value is -1.35. The van der Waals surface area contributed by atoms with Gasteiger partial charge >= 0.3 is 6.18 Å². The third kappa shape index (κ3) is 3.07. The quantitative estimate of drug-likeness (QED) is 0.780. The van der Waals surface area contributed by atoms with Crippen LogP contribution < -0.4 is 0 Å². The average molecular weight is 306 g/mol. The molecule has 0 aliphatic heterocycles. The molecule has 0 spiro atoms. The molecule has 0 bridgehead atoms. The summed E-state index contributed by atoms with van der Waals surface area (Å²) < 4.78 is 37.6. The molecule has 1 aromatic carbocycles. The molecule has 6 heteroatoms. The maximum Gasteiger partial charge on any atom is 0.416 e. The largest absolute Gasteiger partial charge is 0.416 e. The molecule has 0 amide bonds. The van der Waals surface area contributed by atoms with E-state index in [1.54, 1.807) is 6.07 Å². The summed E-state index contributed by atoms with van der Waals surface area (Å²) in [6.07, 6.45) is -4.51. The van der Waals surface area contributed by atoms with E-state index in [-0.39, 0.29) is 10.0 Å². The van der Waals surface area contributed by atoms with Gasteiger partial charge < -0.3 is 0 Å². The number of alkyl halides is 3. The van der Waals surface area contributed by atoms with Gasteiger partial charge in [-0.05, 0) is 25.1 Å². The van der Waals surface area contributed by atoms with Gasteiger partial charge in [0, 0.05) is 10.0 Å². The summed E-state index contributed by atoms with van der Waals surface area (Å²) in [4.78, 5) is 11.7. The van der Waals surface area contributed by atoms with Gasteiger partial charge in [-0.3, -0.25) is 4.79 Å².